The summed E-state index contributed by atoms with van der Waals surface area (Å²) in [4.78, 5) is 24.4. The third-order valence-electron chi connectivity index (χ3n) is 3.22. The van der Waals surface area contributed by atoms with Crippen LogP contribution in [0.5, 0.6) is 0 Å². The van der Waals surface area contributed by atoms with Crippen LogP contribution >= 0.6 is 11.6 Å². The number of carboxylic acids is 1. The number of nitrogens with zero attached hydrogens (tertiary/aromatic N) is 1. The number of hydrogen-bond acceptors (Lipinski definition) is 2. The zero-order chi connectivity index (χ0) is 15.0. The van der Waals surface area contributed by atoms with Crippen molar-refractivity contribution >= 4 is 23.5 Å². The van der Waals surface area contributed by atoms with E-state index in [-0.39, 0.29) is 6.04 Å². The SMILES string of the molecule is CC(C(=O)O)N(C(=O)c1ccc(F)c(Cl)c1F)C1CC1. The Bertz CT molecular complexity index is 575. The van der Waals surface area contributed by atoms with E-state index >= 15 is 0 Å². The van der Waals surface area contributed by atoms with Crippen molar-refractivity contribution in [1.29, 1.82) is 0 Å². The van der Waals surface area contributed by atoms with Gasteiger partial charge in [0.05, 0.1) is 5.56 Å². The van der Waals surface area contributed by atoms with Crippen LogP contribution in [0, 0.1) is 11.6 Å². The van der Waals surface area contributed by atoms with Gasteiger partial charge < -0.3 is 10.0 Å². The zero-order valence-electron chi connectivity index (χ0n) is 10.6. The molecular weight excluding hydrogens is 292 g/mol. The molecule has 108 valence electrons. The smallest absolute Gasteiger partial charge is 0.326 e. The predicted octanol–water partition coefficient (Wildman–Crippen LogP) is 2.70. The van der Waals surface area contributed by atoms with E-state index in [2.05, 4.69) is 0 Å². The van der Waals surface area contributed by atoms with Gasteiger partial charge in [0.2, 0.25) is 0 Å². The van der Waals surface area contributed by atoms with Crippen LogP contribution in [0.25, 0.3) is 0 Å². The van der Waals surface area contributed by atoms with Crippen LogP contribution in [0.3, 0.4) is 0 Å². The molecule has 1 saturated carbocycles. The molecule has 1 atom stereocenters. The van der Waals surface area contributed by atoms with E-state index in [0.29, 0.717) is 12.8 Å². The van der Waals surface area contributed by atoms with Crippen LogP contribution in [-0.4, -0.2) is 34.0 Å². The number of carbonyl (C=O) groups is 2. The van der Waals surface area contributed by atoms with Crippen molar-refractivity contribution in [2.45, 2.75) is 31.8 Å². The Balaban J connectivity index is 2.38. The van der Waals surface area contributed by atoms with Gasteiger partial charge in [0.25, 0.3) is 5.91 Å². The number of halogens is 3. The Labute approximate surface area is 118 Å². The highest BCUT2D eigenvalue weighted by Gasteiger charge is 2.39. The lowest BCUT2D eigenvalue weighted by Gasteiger charge is -2.26. The number of amides is 1. The monoisotopic (exact) mass is 303 g/mol. The topological polar surface area (TPSA) is 57.6 Å². The molecule has 7 heteroatoms. The fraction of sp³-hybridized carbons (Fsp3) is 0.385. The summed E-state index contributed by atoms with van der Waals surface area (Å²) in [7, 11) is 0. The molecule has 2 rings (SSSR count). The van der Waals surface area contributed by atoms with Gasteiger partial charge >= 0.3 is 5.97 Å². The van der Waals surface area contributed by atoms with Crippen molar-refractivity contribution in [3.05, 3.63) is 34.4 Å². The van der Waals surface area contributed by atoms with Crippen molar-refractivity contribution in [2.75, 3.05) is 0 Å². The molecular formula is C13H12ClF2NO3. The minimum Gasteiger partial charge on any atom is -0.480 e. The second-order valence-electron chi connectivity index (χ2n) is 4.68. The number of carboxylic acid groups (broad SMARTS) is 1. The van der Waals surface area contributed by atoms with Gasteiger partial charge in [-0.05, 0) is 31.9 Å². The van der Waals surface area contributed by atoms with Crippen molar-refractivity contribution in [1.82, 2.24) is 4.90 Å². The van der Waals surface area contributed by atoms with Crippen LogP contribution in [-0.2, 0) is 4.79 Å². The van der Waals surface area contributed by atoms with Crippen molar-refractivity contribution in [3.8, 4) is 0 Å². The lowest BCUT2D eigenvalue weighted by Crippen LogP contribution is -2.45. The summed E-state index contributed by atoms with van der Waals surface area (Å²) in [6.45, 7) is 1.35. The number of hydrogen-bond donors (Lipinski definition) is 1. The van der Waals surface area contributed by atoms with Crippen molar-refractivity contribution < 1.29 is 23.5 Å². The largest absolute Gasteiger partial charge is 0.480 e. The van der Waals surface area contributed by atoms with E-state index in [1.807, 2.05) is 0 Å². The number of rotatable bonds is 4. The Kier molecular flexibility index (Phi) is 3.94. The summed E-state index contributed by atoms with van der Waals surface area (Å²) in [5.41, 5.74) is -0.420. The zero-order valence-corrected chi connectivity index (χ0v) is 11.3. The molecule has 4 nitrogen and oxygen atoms in total. The van der Waals surface area contributed by atoms with E-state index in [1.165, 1.54) is 6.92 Å². The minimum atomic E-state index is -1.18. The third-order valence-corrected chi connectivity index (χ3v) is 3.56. The lowest BCUT2D eigenvalue weighted by atomic mass is 10.1. The molecule has 0 spiro atoms. The number of aliphatic carboxylic acids is 1. The Morgan fingerprint density at radius 3 is 2.50 bits per heavy atom. The lowest BCUT2D eigenvalue weighted by molar-refractivity contribution is -0.141. The summed E-state index contributed by atoms with van der Waals surface area (Å²) in [6.07, 6.45) is 1.33. The Morgan fingerprint density at radius 2 is 2.00 bits per heavy atom. The maximum Gasteiger partial charge on any atom is 0.326 e. The maximum absolute atomic E-state index is 13.9. The average Bonchev–Trinajstić information content (AvgIpc) is 3.20. The maximum atomic E-state index is 13.9. The molecule has 0 bridgehead atoms. The quantitative estimate of drug-likeness (QED) is 0.870. The van der Waals surface area contributed by atoms with E-state index in [4.69, 9.17) is 16.7 Å². The van der Waals surface area contributed by atoms with Crippen LogP contribution in [0.1, 0.15) is 30.1 Å². The van der Waals surface area contributed by atoms with Crippen LogP contribution < -0.4 is 0 Å². The molecule has 20 heavy (non-hydrogen) atoms. The molecule has 1 aliphatic rings. The molecule has 0 radical (unpaired) electrons. The summed E-state index contributed by atoms with van der Waals surface area (Å²) in [5, 5.41) is 8.25. The van der Waals surface area contributed by atoms with E-state index in [1.54, 1.807) is 0 Å². The third kappa shape index (κ3) is 2.60. The second kappa shape index (κ2) is 5.36. The van der Waals surface area contributed by atoms with Gasteiger partial charge in [-0.15, -0.1) is 0 Å². The van der Waals surface area contributed by atoms with E-state index in [0.717, 1.165) is 17.0 Å². The van der Waals surface area contributed by atoms with Crippen molar-refractivity contribution in [3.63, 3.8) is 0 Å². The van der Waals surface area contributed by atoms with Gasteiger partial charge in [-0.25, -0.2) is 13.6 Å². The standard InChI is InChI=1S/C13H12ClF2NO3/c1-6(13(19)20)17(7-2-3-7)12(18)8-4-5-9(15)10(14)11(8)16/h4-7H,2-3H2,1H3,(H,19,20). The normalized spacial score (nSPS) is 15.8. The highest BCUT2D eigenvalue weighted by Crippen LogP contribution is 2.32. The van der Waals surface area contributed by atoms with E-state index < -0.39 is 40.1 Å². The van der Waals surface area contributed by atoms with Crippen LogP contribution in [0.4, 0.5) is 8.78 Å². The highest BCUT2D eigenvalue weighted by molar-refractivity contribution is 6.31. The molecule has 1 N–H and O–H groups in total. The molecule has 0 aromatic heterocycles. The van der Waals surface area contributed by atoms with Gasteiger partial charge in [-0.3, -0.25) is 4.79 Å². The van der Waals surface area contributed by atoms with Crippen LogP contribution in [0.2, 0.25) is 5.02 Å². The minimum absolute atomic E-state index is 0.225. The fourth-order valence-electron chi connectivity index (χ4n) is 1.96. The van der Waals surface area contributed by atoms with Gasteiger partial charge in [0.1, 0.15) is 16.9 Å². The fourth-order valence-corrected chi connectivity index (χ4v) is 2.12. The molecule has 1 amide bonds. The summed E-state index contributed by atoms with van der Waals surface area (Å²) in [6, 6.07) is 0.549. The second-order valence-corrected chi connectivity index (χ2v) is 5.06. The number of benzene rings is 1. The first kappa shape index (κ1) is 14.7. The first-order chi connectivity index (χ1) is 9.34. The Morgan fingerprint density at radius 1 is 1.40 bits per heavy atom. The van der Waals surface area contributed by atoms with Gasteiger partial charge in [-0.1, -0.05) is 11.6 Å². The van der Waals surface area contributed by atoms with Crippen LogP contribution in [0.15, 0.2) is 12.1 Å². The molecule has 0 aliphatic heterocycles. The van der Waals surface area contributed by atoms with Crippen molar-refractivity contribution in [2.24, 2.45) is 0 Å². The predicted molar refractivity (Wildman–Crippen MR) is 67.7 cm³/mol. The molecule has 0 saturated heterocycles. The Hall–Kier alpha value is -1.69. The first-order valence-electron chi connectivity index (χ1n) is 6.03. The number of carbonyl (C=O) groups excluding carboxylic acids is 1. The molecule has 1 aromatic rings. The molecule has 0 heterocycles. The highest BCUT2D eigenvalue weighted by atomic mass is 35.5. The van der Waals surface area contributed by atoms with E-state index in [9.17, 15) is 18.4 Å². The first-order valence-corrected chi connectivity index (χ1v) is 6.41. The van der Waals surface area contributed by atoms with Gasteiger partial charge in [0, 0.05) is 6.04 Å². The molecule has 1 fully saturated rings. The summed E-state index contributed by atoms with van der Waals surface area (Å²) >= 11 is 5.43. The molecule has 1 aromatic carbocycles. The summed E-state index contributed by atoms with van der Waals surface area (Å²) in [5.74, 6) is -4.11. The van der Waals surface area contributed by atoms with Gasteiger partial charge in [-0.2, -0.15) is 0 Å². The average molecular weight is 304 g/mol. The molecule has 1 aliphatic carbocycles. The summed E-state index contributed by atoms with van der Waals surface area (Å²) < 4.78 is 26.9. The molecule has 1 unspecified atom stereocenters. The van der Waals surface area contributed by atoms with Gasteiger partial charge in [0.15, 0.2) is 5.82 Å².